The summed E-state index contributed by atoms with van der Waals surface area (Å²) in [4.78, 5) is 4.63. The lowest BCUT2D eigenvalue weighted by atomic mass is 10.1. The quantitative estimate of drug-likeness (QED) is 0.897. The molecule has 0 bridgehead atoms. The van der Waals surface area contributed by atoms with Crippen LogP contribution < -0.4 is 5.73 Å². The van der Waals surface area contributed by atoms with Gasteiger partial charge in [0.2, 0.25) is 0 Å². The summed E-state index contributed by atoms with van der Waals surface area (Å²) in [6, 6.07) is 5.91. The molecule has 0 radical (unpaired) electrons. The van der Waals surface area contributed by atoms with Gasteiger partial charge in [-0.3, -0.25) is 0 Å². The zero-order chi connectivity index (χ0) is 13.4. The standard InChI is InChI=1S/C14H18ClN3/c1-8(2)14-17-12(13(16)18(14)4)10-6-5-9(3)11(15)7-10/h5-8H,16H2,1-4H3. The third-order valence-electron chi connectivity index (χ3n) is 3.14. The van der Waals surface area contributed by atoms with Gasteiger partial charge in [-0.25, -0.2) is 4.98 Å². The number of aromatic nitrogens is 2. The molecule has 0 fully saturated rings. The Bertz CT molecular complexity index is 585. The molecule has 0 unspecified atom stereocenters. The number of anilines is 1. The second-order valence-electron chi connectivity index (χ2n) is 4.88. The SMILES string of the molecule is Cc1ccc(-c2nc(C(C)C)n(C)c2N)cc1Cl. The Kier molecular flexibility index (Phi) is 3.35. The van der Waals surface area contributed by atoms with Crippen LogP contribution in [0.15, 0.2) is 18.2 Å². The molecule has 0 saturated heterocycles. The Morgan fingerprint density at radius 1 is 1.33 bits per heavy atom. The highest BCUT2D eigenvalue weighted by atomic mass is 35.5. The molecule has 96 valence electrons. The van der Waals surface area contributed by atoms with E-state index >= 15 is 0 Å². The van der Waals surface area contributed by atoms with Crippen LogP contribution in [0.25, 0.3) is 11.3 Å². The Hall–Kier alpha value is -1.48. The smallest absolute Gasteiger partial charge is 0.131 e. The van der Waals surface area contributed by atoms with E-state index in [0.29, 0.717) is 11.7 Å². The molecule has 1 aromatic carbocycles. The molecule has 1 heterocycles. The lowest BCUT2D eigenvalue weighted by Gasteiger charge is -2.04. The first-order valence-electron chi connectivity index (χ1n) is 6.00. The van der Waals surface area contributed by atoms with Gasteiger partial charge in [0.1, 0.15) is 17.3 Å². The number of nitrogens with two attached hydrogens (primary N) is 1. The lowest BCUT2D eigenvalue weighted by Crippen LogP contribution is -2.02. The minimum atomic E-state index is 0.340. The highest BCUT2D eigenvalue weighted by molar-refractivity contribution is 6.31. The molecule has 0 amide bonds. The first-order valence-corrected chi connectivity index (χ1v) is 6.38. The molecule has 3 nitrogen and oxygen atoms in total. The lowest BCUT2D eigenvalue weighted by molar-refractivity contribution is 0.715. The van der Waals surface area contributed by atoms with E-state index < -0.39 is 0 Å². The van der Waals surface area contributed by atoms with Gasteiger partial charge in [0.25, 0.3) is 0 Å². The van der Waals surface area contributed by atoms with Gasteiger partial charge in [-0.2, -0.15) is 0 Å². The molecule has 0 aliphatic rings. The average molecular weight is 264 g/mol. The summed E-state index contributed by atoms with van der Waals surface area (Å²) < 4.78 is 1.94. The minimum Gasteiger partial charge on any atom is -0.383 e. The summed E-state index contributed by atoms with van der Waals surface area (Å²) in [6.45, 7) is 6.19. The first-order chi connectivity index (χ1) is 8.41. The number of hydrogen-bond donors (Lipinski definition) is 1. The number of nitrogen functional groups attached to an aromatic ring is 1. The van der Waals surface area contributed by atoms with Gasteiger partial charge in [0.15, 0.2) is 0 Å². The normalized spacial score (nSPS) is 11.2. The Balaban J connectivity index is 2.57. The highest BCUT2D eigenvalue weighted by Gasteiger charge is 2.16. The highest BCUT2D eigenvalue weighted by Crippen LogP contribution is 2.30. The molecule has 2 N–H and O–H groups in total. The average Bonchev–Trinajstić information content (AvgIpc) is 2.60. The molecular formula is C14H18ClN3. The largest absolute Gasteiger partial charge is 0.383 e. The van der Waals surface area contributed by atoms with Crippen molar-refractivity contribution in [1.29, 1.82) is 0 Å². The summed E-state index contributed by atoms with van der Waals surface area (Å²) in [5.74, 6) is 2.00. The topological polar surface area (TPSA) is 43.8 Å². The van der Waals surface area contributed by atoms with Gasteiger partial charge in [-0.1, -0.05) is 37.6 Å². The molecule has 0 spiro atoms. The summed E-state index contributed by atoms with van der Waals surface area (Å²) in [5, 5.41) is 0.739. The van der Waals surface area contributed by atoms with Crippen LogP contribution in [-0.4, -0.2) is 9.55 Å². The molecule has 0 atom stereocenters. The van der Waals surface area contributed by atoms with E-state index in [0.717, 1.165) is 27.7 Å². The first kappa shape index (κ1) is 13.0. The number of aryl methyl sites for hydroxylation is 1. The number of imidazole rings is 1. The Morgan fingerprint density at radius 3 is 2.50 bits per heavy atom. The number of hydrogen-bond acceptors (Lipinski definition) is 2. The Labute approximate surface area is 113 Å². The van der Waals surface area contributed by atoms with Gasteiger partial charge in [0, 0.05) is 23.6 Å². The molecule has 0 aliphatic heterocycles. The van der Waals surface area contributed by atoms with Gasteiger partial charge >= 0.3 is 0 Å². The summed E-state index contributed by atoms with van der Waals surface area (Å²) in [6.07, 6.45) is 0. The number of rotatable bonds is 2. The van der Waals surface area contributed by atoms with Crippen molar-refractivity contribution in [1.82, 2.24) is 9.55 Å². The van der Waals surface area contributed by atoms with Crippen molar-refractivity contribution in [3.8, 4) is 11.3 Å². The van der Waals surface area contributed by atoms with E-state index in [2.05, 4.69) is 18.8 Å². The number of halogens is 1. The van der Waals surface area contributed by atoms with Crippen molar-refractivity contribution >= 4 is 17.4 Å². The van der Waals surface area contributed by atoms with Crippen molar-refractivity contribution in [3.63, 3.8) is 0 Å². The van der Waals surface area contributed by atoms with Crippen molar-refractivity contribution in [3.05, 3.63) is 34.6 Å². The molecule has 0 aliphatic carbocycles. The molecule has 2 rings (SSSR count). The maximum Gasteiger partial charge on any atom is 0.131 e. The van der Waals surface area contributed by atoms with Crippen LogP contribution in [-0.2, 0) is 7.05 Å². The molecule has 0 saturated carbocycles. The van der Waals surface area contributed by atoms with Crippen molar-refractivity contribution in [2.75, 3.05) is 5.73 Å². The zero-order valence-electron chi connectivity index (χ0n) is 11.2. The fourth-order valence-electron chi connectivity index (χ4n) is 2.00. The molecule has 4 heteroatoms. The summed E-state index contributed by atoms with van der Waals surface area (Å²) >= 11 is 6.15. The second-order valence-corrected chi connectivity index (χ2v) is 5.29. The molecule has 18 heavy (non-hydrogen) atoms. The van der Waals surface area contributed by atoms with E-state index in [-0.39, 0.29) is 0 Å². The van der Waals surface area contributed by atoms with E-state index in [1.54, 1.807) is 0 Å². The number of nitrogens with zero attached hydrogens (tertiary/aromatic N) is 2. The fraction of sp³-hybridized carbons (Fsp3) is 0.357. The van der Waals surface area contributed by atoms with Crippen molar-refractivity contribution in [2.45, 2.75) is 26.7 Å². The van der Waals surface area contributed by atoms with Gasteiger partial charge in [0.05, 0.1) is 0 Å². The van der Waals surface area contributed by atoms with Crippen LogP contribution in [0.2, 0.25) is 5.02 Å². The van der Waals surface area contributed by atoms with E-state index in [4.69, 9.17) is 17.3 Å². The van der Waals surface area contributed by atoms with Crippen LogP contribution in [0.1, 0.15) is 31.2 Å². The van der Waals surface area contributed by atoms with E-state index in [1.807, 2.05) is 36.7 Å². The van der Waals surface area contributed by atoms with Crippen LogP contribution in [0.4, 0.5) is 5.82 Å². The summed E-state index contributed by atoms with van der Waals surface area (Å²) in [5.41, 5.74) is 8.95. The maximum absolute atomic E-state index is 6.15. The van der Waals surface area contributed by atoms with Gasteiger partial charge < -0.3 is 10.3 Å². The third-order valence-corrected chi connectivity index (χ3v) is 3.54. The van der Waals surface area contributed by atoms with Crippen molar-refractivity contribution in [2.24, 2.45) is 7.05 Å². The van der Waals surface area contributed by atoms with Crippen LogP contribution in [0.5, 0.6) is 0 Å². The van der Waals surface area contributed by atoms with E-state index in [9.17, 15) is 0 Å². The fourth-order valence-corrected chi connectivity index (χ4v) is 2.18. The predicted molar refractivity (Wildman–Crippen MR) is 76.9 cm³/mol. The third kappa shape index (κ3) is 2.10. The monoisotopic (exact) mass is 263 g/mol. The maximum atomic E-state index is 6.15. The zero-order valence-corrected chi connectivity index (χ0v) is 11.9. The molecule has 1 aromatic heterocycles. The summed E-state index contributed by atoms with van der Waals surface area (Å²) in [7, 11) is 1.94. The van der Waals surface area contributed by atoms with Crippen molar-refractivity contribution < 1.29 is 0 Å². The number of benzene rings is 1. The second kappa shape index (κ2) is 4.65. The molecular weight excluding hydrogens is 246 g/mol. The van der Waals surface area contributed by atoms with Gasteiger partial charge in [-0.15, -0.1) is 0 Å². The van der Waals surface area contributed by atoms with E-state index in [1.165, 1.54) is 0 Å². The van der Waals surface area contributed by atoms with Crippen LogP contribution in [0, 0.1) is 6.92 Å². The molecule has 2 aromatic rings. The minimum absolute atomic E-state index is 0.340. The predicted octanol–water partition coefficient (Wildman–Crippen LogP) is 3.75. The van der Waals surface area contributed by atoms with Crippen LogP contribution in [0.3, 0.4) is 0 Å². The van der Waals surface area contributed by atoms with Crippen LogP contribution >= 0.6 is 11.6 Å². The van der Waals surface area contributed by atoms with Gasteiger partial charge in [-0.05, 0) is 18.6 Å². The Morgan fingerprint density at radius 2 is 2.00 bits per heavy atom.